The van der Waals surface area contributed by atoms with Crippen molar-refractivity contribution in [1.29, 1.82) is 0 Å². The van der Waals surface area contributed by atoms with Gasteiger partial charge in [0.2, 0.25) is 0 Å². The van der Waals surface area contributed by atoms with Gasteiger partial charge in [0.25, 0.3) is 0 Å². The Morgan fingerprint density at radius 3 is 2.95 bits per heavy atom. The topological polar surface area (TPSA) is 49.0 Å². The summed E-state index contributed by atoms with van der Waals surface area (Å²) >= 11 is 0. The van der Waals surface area contributed by atoms with Gasteiger partial charge in [-0.05, 0) is 32.2 Å². The first-order valence-electron chi connectivity index (χ1n) is 7.86. The van der Waals surface area contributed by atoms with Crippen LogP contribution in [0, 0.1) is 0 Å². The Labute approximate surface area is 122 Å². The van der Waals surface area contributed by atoms with Crippen molar-refractivity contribution in [1.82, 2.24) is 5.32 Å². The second kappa shape index (κ2) is 8.95. The molecular formula is C15H29NO4. The van der Waals surface area contributed by atoms with Gasteiger partial charge in [0.1, 0.15) is 0 Å². The average molecular weight is 287 g/mol. The van der Waals surface area contributed by atoms with Gasteiger partial charge in [-0.15, -0.1) is 0 Å². The molecule has 2 aliphatic heterocycles. The van der Waals surface area contributed by atoms with Crippen LogP contribution < -0.4 is 5.32 Å². The van der Waals surface area contributed by atoms with E-state index in [1.54, 1.807) is 7.11 Å². The van der Waals surface area contributed by atoms with Crippen LogP contribution >= 0.6 is 0 Å². The lowest BCUT2D eigenvalue weighted by Gasteiger charge is -2.37. The number of unbranched alkanes of at least 4 members (excludes halogenated alkanes) is 1. The molecule has 2 rings (SSSR count). The van der Waals surface area contributed by atoms with E-state index in [2.05, 4.69) is 5.32 Å². The van der Waals surface area contributed by atoms with E-state index < -0.39 is 0 Å². The maximum absolute atomic E-state index is 5.94. The highest BCUT2D eigenvalue weighted by molar-refractivity contribution is 4.92. The third kappa shape index (κ3) is 5.30. The fourth-order valence-electron chi connectivity index (χ4n) is 2.94. The Morgan fingerprint density at radius 1 is 1.20 bits per heavy atom. The predicted octanol–water partition coefficient (Wildman–Crippen LogP) is 1.36. The minimum absolute atomic E-state index is 0.0131. The summed E-state index contributed by atoms with van der Waals surface area (Å²) in [5.74, 6) is 0. The van der Waals surface area contributed by atoms with Crippen molar-refractivity contribution >= 4 is 0 Å². The zero-order chi connectivity index (χ0) is 14.1. The van der Waals surface area contributed by atoms with E-state index in [0.717, 1.165) is 65.1 Å². The predicted molar refractivity (Wildman–Crippen MR) is 77.1 cm³/mol. The van der Waals surface area contributed by atoms with E-state index in [9.17, 15) is 0 Å². The number of rotatable bonds is 9. The molecule has 20 heavy (non-hydrogen) atoms. The highest BCUT2D eigenvalue weighted by atomic mass is 16.6. The quantitative estimate of drug-likeness (QED) is 0.649. The van der Waals surface area contributed by atoms with Crippen LogP contribution in [0.3, 0.4) is 0 Å². The molecule has 2 aliphatic rings. The first-order valence-corrected chi connectivity index (χ1v) is 7.86. The Hall–Kier alpha value is -0.200. The summed E-state index contributed by atoms with van der Waals surface area (Å²) in [7, 11) is 1.70. The number of ether oxygens (including phenoxy) is 4. The molecular weight excluding hydrogens is 258 g/mol. The molecule has 2 atom stereocenters. The smallest absolute Gasteiger partial charge is 0.0951 e. The molecule has 2 heterocycles. The summed E-state index contributed by atoms with van der Waals surface area (Å²) in [4.78, 5) is 0. The molecule has 2 fully saturated rings. The molecule has 0 aromatic heterocycles. The van der Waals surface area contributed by atoms with Crippen LogP contribution in [0.1, 0.15) is 32.1 Å². The largest absolute Gasteiger partial charge is 0.382 e. The number of hydrogen-bond donors (Lipinski definition) is 1. The van der Waals surface area contributed by atoms with E-state index >= 15 is 0 Å². The lowest BCUT2D eigenvalue weighted by atomic mass is 9.89. The molecule has 5 nitrogen and oxygen atoms in total. The van der Waals surface area contributed by atoms with Gasteiger partial charge in [-0.3, -0.25) is 0 Å². The van der Waals surface area contributed by atoms with Crippen LogP contribution in [0.15, 0.2) is 0 Å². The van der Waals surface area contributed by atoms with Crippen molar-refractivity contribution < 1.29 is 18.9 Å². The van der Waals surface area contributed by atoms with Crippen LogP contribution in [0.5, 0.6) is 0 Å². The Balaban J connectivity index is 1.49. The van der Waals surface area contributed by atoms with Crippen molar-refractivity contribution in [2.45, 2.75) is 43.7 Å². The minimum Gasteiger partial charge on any atom is -0.382 e. The normalized spacial score (nSPS) is 30.1. The van der Waals surface area contributed by atoms with E-state index in [1.807, 2.05) is 0 Å². The minimum atomic E-state index is 0.0131. The molecule has 1 spiro atoms. The molecule has 0 bridgehead atoms. The van der Waals surface area contributed by atoms with Gasteiger partial charge >= 0.3 is 0 Å². The highest BCUT2D eigenvalue weighted by Gasteiger charge is 2.40. The zero-order valence-corrected chi connectivity index (χ0v) is 12.7. The highest BCUT2D eigenvalue weighted by Crippen LogP contribution is 2.32. The molecule has 0 aromatic rings. The van der Waals surface area contributed by atoms with Gasteiger partial charge in [-0.2, -0.15) is 0 Å². The number of methoxy groups -OCH3 is 1. The Morgan fingerprint density at radius 2 is 2.15 bits per heavy atom. The molecule has 118 valence electrons. The van der Waals surface area contributed by atoms with Crippen LogP contribution in [0.4, 0.5) is 0 Å². The molecule has 1 N–H and O–H groups in total. The van der Waals surface area contributed by atoms with E-state index in [-0.39, 0.29) is 5.60 Å². The molecule has 0 saturated carbocycles. The van der Waals surface area contributed by atoms with Crippen molar-refractivity contribution in [3.8, 4) is 0 Å². The summed E-state index contributed by atoms with van der Waals surface area (Å²) < 4.78 is 21.8. The van der Waals surface area contributed by atoms with E-state index in [0.29, 0.717) is 19.3 Å². The van der Waals surface area contributed by atoms with Crippen molar-refractivity contribution in [3.63, 3.8) is 0 Å². The van der Waals surface area contributed by atoms with E-state index in [4.69, 9.17) is 18.9 Å². The second-order valence-electron chi connectivity index (χ2n) is 5.79. The summed E-state index contributed by atoms with van der Waals surface area (Å²) in [6, 6.07) is 0.583. The lowest BCUT2D eigenvalue weighted by Crippen LogP contribution is -2.47. The van der Waals surface area contributed by atoms with Crippen molar-refractivity contribution in [2.75, 3.05) is 53.3 Å². The Bertz CT molecular complexity index is 256. The van der Waals surface area contributed by atoms with Crippen molar-refractivity contribution in [2.24, 2.45) is 0 Å². The van der Waals surface area contributed by atoms with Crippen LogP contribution in [0.25, 0.3) is 0 Å². The van der Waals surface area contributed by atoms with Crippen LogP contribution in [0.2, 0.25) is 0 Å². The summed E-state index contributed by atoms with van der Waals surface area (Å²) in [5.41, 5.74) is 0.0131. The van der Waals surface area contributed by atoms with Crippen LogP contribution in [-0.2, 0) is 18.9 Å². The third-order valence-electron chi connectivity index (χ3n) is 4.14. The second-order valence-corrected chi connectivity index (χ2v) is 5.79. The molecule has 0 aromatic carbocycles. The molecule has 0 radical (unpaired) electrons. The first kappa shape index (κ1) is 16.2. The summed E-state index contributed by atoms with van der Waals surface area (Å²) in [6.07, 6.45) is 5.53. The van der Waals surface area contributed by atoms with Gasteiger partial charge in [-0.1, -0.05) is 0 Å². The standard InChI is InChI=1S/C15H29NO4/c1-17-10-11-18-7-3-2-6-16-14-4-8-20-15(12-14)5-9-19-13-15/h14,16H,2-13H2,1H3. The molecule has 5 heteroatoms. The fourth-order valence-corrected chi connectivity index (χ4v) is 2.94. The summed E-state index contributed by atoms with van der Waals surface area (Å²) in [6.45, 7) is 5.77. The maximum atomic E-state index is 5.94. The van der Waals surface area contributed by atoms with Gasteiger partial charge in [0, 0.05) is 39.4 Å². The molecule has 2 saturated heterocycles. The van der Waals surface area contributed by atoms with Gasteiger partial charge in [-0.25, -0.2) is 0 Å². The van der Waals surface area contributed by atoms with Crippen LogP contribution in [-0.4, -0.2) is 64.9 Å². The molecule has 2 unspecified atom stereocenters. The zero-order valence-electron chi connectivity index (χ0n) is 12.7. The van der Waals surface area contributed by atoms with E-state index in [1.165, 1.54) is 0 Å². The lowest BCUT2D eigenvalue weighted by molar-refractivity contribution is -0.0892. The molecule has 0 amide bonds. The van der Waals surface area contributed by atoms with Gasteiger partial charge < -0.3 is 24.3 Å². The fraction of sp³-hybridized carbons (Fsp3) is 1.00. The summed E-state index contributed by atoms with van der Waals surface area (Å²) in [5, 5.41) is 3.66. The monoisotopic (exact) mass is 287 g/mol. The SMILES string of the molecule is COCCOCCCCNC1CCOC2(CCOC2)C1. The van der Waals surface area contributed by atoms with Crippen molar-refractivity contribution in [3.05, 3.63) is 0 Å². The molecule has 0 aliphatic carbocycles. The van der Waals surface area contributed by atoms with Gasteiger partial charge in [0.15, 0.2) is 0 Å². The van der Waals surface area contributed by atoms with Gasteiger partial charge in [0.05, 0.1) is 25.4 Å². The number of nitrogens with one attached hydrogen (secondary N) is 1. The Kier molecular flexibility index (Phi) is 7.24. The number of hydrogen-bond acceptors (Lipinski definition) is 5. The first-order chi connectivity index (χ1) is 9.85. The third-order valence-corrected chi connectivity index (χ3v) is 4.14. The maximum Gasteiger partial charge on any atom is 0.0951 e. The average Bonchev–Trinajstić information content (AvgIpc) is 2.90.